The summed E-state index contributed by atoms with van der Waals surface area (Å²) in [5.41, 5.74) is 6.62. The molecule has 2 N–H and O–H groups in total. The lowest BCUT2D eigenvalue weighted by molar-refractivity contribution is 0.119. The number of aromatic nitrogens is 4. The highest BCUT2D eigenvalue weighted by Gasteiger charge is 2.09. The number of thiophene rings is 1. The number of hydrogen-bond donors (Lipinski definition) is 1. The van der Waals surface area contributed by atoms with E-state index in [0.29, 0.717) is 24.9 Å². The lowest BCUT2D eigenvalue weighted by atomic mass is 10.3. The molecule has 3 heterocycles. The van der Waals surface area contributed by atoms with Crippen LogP contribution in [0.25, 0.3) is 11.0 Å². The largest absolute Gasteiger partial charge is 0.383 e. The molecule has 0 unspecified atom stereocenters. The van der Waals surface area contributed by atoms with E-state index < -0.39 is 0 Å². The lowest BCUT2D eigenvalue weighted by Crippen LogP contribution is -2.06. The summed E-state index contributed by atoms with van der Waals surface area (Å²) in [6.45, 7) is 1.00. The molecule has 0 spiro atoms. The van der Waals surface area contributed by atoms with Gasteiger partial charge in [0.25, 0.3) is 0 Å². The first-order valence-electron chi connectivity index (χ1n) is 6.28. The number of hydrogen-bond acceptors (Lipinski definition) is 6. The van der Waals surface area contributed by atoms with Crippen LogP contribution >= 0.6 is 11.3 Å². The molecule has 0 aliphatic carbocycles. The van der Waals surface area contributed by atoms with Gasteiger partial charge >= 0.3 is 0 Å². The van der Waals surface area contributed by atoms with E-state index >= 15 is 0 Å². The predicted molar refractivity (Wildman–Crippen MR) is 78.4 cm³/mol. The maximum absolute atomic E-state index is 5.89. The van der Waals surface area contributed by atoms with E-state index in [2.05, 4.69) is 26.5 Å². The number of ether oxygens (including phenoxy) is 1. The highest BCUT2D eigenvalue weighted by Crippen LogP contribution is 2.16. The van der Waals surface area contributed by atoms with Crippen molar-refractivity contribution in [3.63, 3.8) is 0 Å². The summed E-state index contributed by atoms with van der Waals surface area (Å²) in [6, 6.07) is 4.14. The van der Waals surface area contributed by atoms with Crippen LogP contribution in [-0.4, -0.2) is 26.4 Å². The maximum atomic E-state index is 5.89. The fourth-order valence-corrected chi connectivity index (χ4v) is 2.64. The number of aryl methyl sites for hydroxylation is 1. The zero-order chi connectivity index (χ0) is 13.9. The molecule has 0 aliphatic heterocycles. The Labute approximate surface area is 120 Å². The second-order valence-corrected chi connectivity index (χ2v) is 5.44. The molecule has 0 aliphatic rings. The third-order valence-electron chi connectivity index (χ3n) is 2.97. The molecular weight excluding hydrogens is 274 g/mol. The maximum Gasteiger partial charge on any atom is 0.163 e. The van der Waals surface area contributed by atoms with Gasteiger partial charge in [-0.15, -0.1) is 11.3 Å². The zero-order valence-electron chi connectivity index (χ0n) is 11.1. The summed E-state index contributed by atoms with van der Waals surface area (Å²) in [5.74, 6) is 1.03. The van der Waals surface area contributed by atoms with Gasteiger partial charge in [0.2, 0.25) is 0 Å². The van der Waals surface area contributed by atoms with Gasteiger partial charge in [-0.3, -0.25) is 4.68 Å². The van der Waals surface area contributed by atoms with Crippen LogP contribution in [-0.2, 0) is 24.8 Å². The van der Waals surface area contributed by atoms with E-state index in [1.54, 1.807) is 22.2 Å². The first kappa shape index (κ1) is 13.0. The molecule has 0 atom stereocenters. The van der Waals surface area contributed by atoms with Crippen molar-refractivity contribution in [1.82, 2.24) is 19.7 Å². The van der Waals surface area contributed by atoms with E-state index in [0.717, 1.165) is 17.5 Å². The number of anilines is 1. The Bertz CT molecular complexity index is 707. The van der Waals surface area contributed by atoms with Gasteiger partial charge < -0.3 is 10.5 Å². The molecule has 6 nitrogen and oxygen atoms in total. The Hall–Kier alpha value is -1.99. The molecule has 0 saturated carbocycles. The Balaban J connectivity index is 1.64. The summed E-state index contributed by atoms with van der Waals surface area (Å²) in [5, 5.41) is 6.96. The third-order valence-corrected chi connectivity index (χ3v) is 3.91. The first-order chi connectivity index (χ1) is 9.74. The number of nitrogens with two attached hydrogens (primary N) is 1. The van der Waals surface area contributed by atoms with Gasteiger partial charge in [-0.2, -0.15) is 5.10 Å². The molecule has 104 valence electrons. The Kier molecular flexibility index (Phi) is 3.62. The highest BCUT2D eigenvalue weighted by molar-refractivity contribution is 7.09. The molecule has 3 aromatic rings. The number of rotatable bonds is 5. The summed E-state index contributed by atoms with van der Waals surface area (Å²) < 4.78 is 7.29. The molecule has 20 heavy (non-hydrogen) atoms. The molecule has 7 heteroatoms. The molecule has 0 saturated heterocycles. The fraction of sp³-hybridized carbons (Fsp3) is 0.308. The van der Waals surface area contributed by atoms with Gasteiger partial charge in [-0.05, 0) is 11.4 Å². The first-order valence-corrected chi connectivity index (χ1v) is 7.16. The third kappa shape index (κ3) is 2.63. The number of nitrogens with zero attached hydrogens (tertiary/aromatic N) is 4. The van der Waals surface area contributed by atoms with Crippen molar-refractivity contribution in [3.8, 4) is 0 Å². The predicted octanol–water partition coefficient (Wildman–Crippen LogP) is 1.77. The van der Waals surface area contributed by atoms with Gasteiger partial charge in [-0.1, -0.05) is 6.07 Å². The zero-order valence-corrected chi connectivity index (χ0v) is 11.9. The number of fused-ring (bicyclic) bond motifs is 1. The highest BCUT2D eigenvalue weighted by atomic mass is 32.1. The van der Waals surface area contributed by atoms with Gasteiger partial charge in [0.15, 0.2) is 11.5 Å². The normalized spacial score (nSPS) is 11.2. The van der Waals surface area contributed by atoms with Crippen LogP contribution in [0.3, 0.4) is 0 Å². The Morgan fingerprint density at radius 3 is 3.10 bits per heavy atom. The fourth-order valence-electron chi connectivity index (χ4n) is 1.95. The van der Waals surface area contributed by atoms with Crippen LogP contribution in [0.2, 0.25) is 0 Å². The van der Waals surface area contributed by atoms with Crippen LogP contribution in [0.5, 0.6) is 0 Å². The molecule has 3 aromatic heterocycles. The van der Waals surface area contributed by atoms with Gasteiger partial charge in [0.05, 0.1) is 18.2 Å². The second kappa shape index (κ2) is 5.56. The molecule has 3 rings (SSSR count). The Morgan fingerprint density at radius 2 is 2.30 bits per heavy atom. The van der Waals surface area contributed by atoms with Crippen LogP contribution in [0, 0.1) is 0 Å². The topological polar surface area (TPSA) is 78.9 Å². The molecule has 0 fully saturated rings. The van der Waals surface area contributed by atoms with Gasteiger partial charge in [-0.25, -0.2) is 9.97 Å². The van der Waals surface area contributed by atoms with E-state index in [4.69, 9.17) is 10.5 Å². The molecule has 0 bridgehead atoms. The van der Waals surface area contributed by atoms with Crippen molar-refractivity contribution in [1.29, 1.82) is 0 Å². The average Bonchev–Trinajstić information content (AvgIpc) is 3.06. The SMILES string of the molecule is Cn1ncc2c(N)nc(COCCc3cccs3)nc21. The van der Waals surface area contributed by atoms with Gasteiger partial charge in [0.1, 0.15) is 12.4 Å². The van der Waals surface area contributed by atoms with Crippen LogP contribution in [0.1, 0.15) is 10.7 Å². The standard InChI is InChI=1S/C13H15N5OS/c1-18-13-10(7-15-18)12(14)16-11(17-13)8-19-5-4-9-3-2-6-20-9/h2-3,6-7H,4-5,8H2,1H3,(H2,14,16,17). The van der Waals surface area contributed by atoms with Crippen molar-refractivity contribution in [2.45, 2.75) is 13.0 Å². The van der Waals surface area contributed by atoms with Gasteiger partial charge in [0, 0.05) is 18.3 Å². The lowest BCUT2D eigenvalue weighted by Gasteiger charge is -2.04. The minimum absolute atomic E-state index is 0.358. The molecule has 0 radical (unpaired) electrons. The van der Waals surface area contributed by atoms with Crippen molar-refractivity contribution in [2.75, 3.05) is 12.3 Å². The van der Waals surface area contributed by atoms with Crippen molar-refractivity contribution in [2.24, 2.45) is 7.05 Å². The van der Waals surface area contributed by atoms with E-state index in [9.17, 15) is 0 Å². The number of nitrogen functional groups attached to an aromatic ring is 1. The quantitative estimate of drug-likeness (QED) is 0.724. The smallest absolute Gasteiger partial charge is 0.163 e. The summed E-state index contributed by atoms with van der Waals surface area (Å²) >= 11 is 1.73. The molecule has 0 aromatic carbocycles. The van der Waals surface area contributed by atoms with Crippen LogP contribution < -0.4 is 5.73 Å². The molecule has 0 amide bonds. The minimum Gasteiger partial charge on any atom is -0.383 e. The van der Waals surface area contributed by atoms with Crippen LogP contribution in [0.4, 0.5) is 5.82 Å². The van der Waals surface area contributed by atoms with E-state index in [-0.39, 0.29) is 0 Å². The monoisotopic (exact) mass is 289 g/mol. The Morgan fingerprint density at radius 1 is 1.40 bits per heavy atom. The van der Waals surface area contributed by atoms with Crippen LogP contribution in [0.15, 0.2) is 23.7 Å². The summed E-state index contributed by atoms with van der Waals surface area (Å²) in [4.78, 5) is 9.97. The van der Waals surface area contributed by atoms with E-state index in [1.165, 1.54) is 4.88 Å². The average molecular weight is 289 g/mol. The molecular formula is C13H15N5OS. The van der Waals surface area contributed by atoms with Crippen molar-refractivity contribution in [3.05, 3.63) is 34.4 Å². The van der Waals surface area contributed by atoms with Crippen molar-refractivity contribution >= 4 is 28.2 Å². The summed E-state index contributed by atoms with van der Waals surface area (Å²) in [6.07, 6.45) is 2.58. The second-order valence-electron chi connectivity index (χ2n) is 4.41. The summed E-state index contributed by atoms with van der Waals surface area (Å²) in [7, 11) is 1.83. The minimum atomic E-state index is 0.358. The van der Waals surface area contributed by atoms with Crippen molar-refractivity contribution < 1.29 is 4.74 Å². The van der Waals surface area contributed by atoms with E-state index in [1.807, 2.05) is 13.1 Å².